The number of carbonyl (C=O) groups excluding carboxylic acids is 3. The highest BCUT2D eigenvalue weighted by molar-refractivity contribution is 5.95. The number of hydrogen-bond donors (Lipinski definition) is 2. The minimum absolute atomic E-state index is 0.101. The highest BCUT2D eigenvalue weighted by Gasteiger charge is 2.21. The average Bonchev–Trinajstić information content (AvgIpc) is 3.13. The van der Waals surface area contributed by atoms with Crippen molar-refractivity contribution in [3.05, 3.63) is 59.7 Å². The van der Waals surface area contributed by atoms with Crippen molar-refractivity contribution in [2.45, 2.75) is 52.2 Å². The molecule has 0 unspecified atom stereocenters. The van der Waals surface area contributed by atoms with E-state index in [-0.39, 0.29) is 18.2 Å². The molecular formula is C24H29N3O4. The second-order valence-electron chi connectivity index (χ2n) is 8.60. The van der Waals surface area contributed by atoms with Crippen molar-refractivity contribution in [1.29, 1.82) is 0 Å². The fourth-order valence-electron chi connectivity index (χ4n) is 3.33. The maximum Gasteiger partial charge on any atom is 0.412 e. The summed E-state index contributed by atoms with van der Waals surface area (Å²) in [5.74, 6) is 0.0429. The van der Waals surface area contributed by atoms with Crippen LogP contribution in [0.5, 0.6) is 0 Å². The number of nitrogens with one attached hydrogen (secondary N) is 2. The lowest BCUT2D eigenvalue weighted by Gasteiger charge is -2.19. The predicted octanol–water partition coefficient (Wildman–Crippen LogP) is 4.02. The molecule has 0 bridgehead atoms. The second-order valence-corrected chi connectivity index (χ2v) is 8.60. The van der Waals surface area contributed by atoms with Gasteiger partial charge in [0.1, 0.15) is 5.60 Å². The lowest BCUT2D eigenvalue weighted by molar-refractivity contribution is -0.120. The molecule has 1 aliphatic rings. The molecule has 1 fully saturated rings. The van der Waals surface area contributed by atoms with Crippen LogP contribution < -0.4 is 15.5 Å². The SMILES string of the molecule is CC(C)(C)OC(=O)Nc1ccc(CC(=O)NCc2cccc(N3CCCC3=O)c2)cc1. The van der Waals surface area contributed by atoms with Gasteiger partial charge in [-0.2, -0.15) is 0 Å². The zero-order valence-electron chi connectivity index (χ0n) is 18.2. The van der Waals surface area contributed by atoms with E-state index in [1.807, 2.05) is 24.3 Å². The largest absolute Gasteiger partial charge is 0.444 e. The van der Waals surface area contributed by atoms with Crippen LogP contribution in [0.25, 0.3) is 0 Å². The smallest absolute Gasteiger partial charge is 0.412 e. The molecule has 164 valence electrons. The third-order valence-corrected chi connectivity index (χ3v) is 4.75. The molecule has 3 amide bonds. The van der Waals surface area contributed by atoms with Crippen LogP contribution >= 0.6 is 0 Å². The van der Waals surface area contributed by atoms with Gasteiger partial charge in [0, 0.05) is 30.9 Å². The van der Waals surface area contributed by atoms with Gasteiger partial charge in [0.05, 0.1) is 6.42 Å². The molecule has 3 rings (SSSR count). The molecule has 1 aliphatic heterocycles. The highest BCUT2D eigenvalue weighted by Crippen LogP contribution is 2.22. The van der Waals surface area contributed by atoms with E-state index in [0.29, 0.717) is 18.7 Å². The van der Waals surface area contributed by atoms with E-state index in [9.17, 15) is 14.4 Å². The first-order chi connectivity index (χ1) is 14.7. The summed E-state index contributed by atoms with van der Waals surface area (Å²) in [4.78, 5) is 37.9. The fourth-order valence-corrected chi connectivity index (χ4v) is 3.33. The number of anilines is 2. The van der Waals surface area contributed by atoms with Crippen LogP contribution in [0.2, 0.25) is 0 Å². The normalized spacial score (nSPS) is 13.8. The van der Waals surface area contributed by atoms with Gasteiger partial charge in [-0.25, -0.2) is 4.79 Å². The minimum Gasteiger partial charge on any atom is -0.444 e. The molecule has 7 nitrogen and oxygen atoms in total. The van der Waals surface area contributed by atoms with E-state index in [1.54, 1.807) is 49.9 Å². The molecule has 31 heavy (non-hydrogen) atoms. The summed E-state index contributed by atoms with van der Waals surface area (Å²) in [5.41, 5.74) is 2.70. The Hall–Kier alpha value is -3.35. The number of hydrogen-bond acceptors (Lipinski definition) is 4. The van der Waals surface area contributed by atoms with Gasteiger partial charge >= 0.3 is 6.09 Å². The molecule has 1 heterocycles. The Morgan fingerprint density at radius 2 is 1.81 bits per heavy atom. The fraction of sp³-hybridized carbons (Fsp3) is 0.375. The van der Waals surface area contributed by atoms with E-state index in [4.69, 9.17) is 4.74 Å². The number of ether oxygens (including phenoxy) is 1. The van der Waals surface area contributed by atoms with Crippen LogP contribution in [0.4, 0.5) is 16.2 Å². The zero-order chi connectivity index (χ0) is 22.4. The zero-order valence-corrected chi connectivity index (χ0v) is 18.2. The maximum absolute atomic E-state index is 12.3. The number of carbonyl (C=O) groups is 3. The third-order valence-electron chi connectivity index (χ3n) is 4.75. The van der Waals surface area contributed by atoms with Gasteiger partial charge in [-0.05, 0) is 62.6 Å². The Labute approximate surface area is 182 Å². The van der Waals surface area contributed by atoms with Crippen LogP contribution in [0.3, 0.4) is 0 Å². The van der Waals surface area contributed by atoms with Gasteiger partial charge in [0.15, 0.2) is 0 Å². The number of nitrogens with zero attached hydrogens (tertiary/aromatic N) is 1. The van der Waals surface area contributed by atoms with E-state index in [0.717, 1.165) is 29.8 Å². The molecule has 2 aromatic rings. The van der Waals surface area contributed by atoms with Gasteiger partial charge < -0.3 is 15.0 Å². The summed E-state index contributed by atoms with van der Waals surface area (Å²) >= 11 is 0. The van der Waals surface area contributed by atoms with E-state index >= 15 is 0 Å². The van der Waals surface area contributed by atoms with Gasteiger partial charge in [-0.3, -0.25) is 14.9 Å². The molecule has 0 aliphatic carbocycles. The maximum atomic E-state index is 12.3. The first-order valence-electron chi connectivity index (χ1n) is 10.4. The van der Waals surface area contributed by atoms with Crippen LogP contribution in [0.15, 0.2) is 48.5 Å². The molecular weight excluding hydrogens is 394 g/mol. The molecule has 1 saturated heterocycles. The van der Waals surface area contributed by atoms with Crippen molar-refractivity contribution >= 4 is 29.3 Å². The number of amides is 3. The quantitative estimate of drug-likeness (QED) is 0.735. The molecule has 0 radical (unpaired) electrons. The Morgan fingerprint density at radius 3 is 2.45 bits per heavy atom. The molecule has 7 heteroatoms. The van der Waals surface area contributed by atoms with Crippen molar-refractivity contribution < 1.29 is 19.1 Å². The summed E-state index contributed by atoms with van der Waals surface area (Å²) in [7, 11) is 0. The van der Waals surface area contributed by atoms with Crippen molar-refractivity contribution in [2.75, 3.05) is 16.8 Å². The van der Waals surface area contributed by atoms with Crippen molar-refractivity contribution in [1.82, 2.24) is 5.32 Å². The predicted molar refractivity (Wildman–Crippen MR) is 120 cm³/mol. The first-order valence-corrected chi connectivity index (χ1v) is 10.4. The van der Waals surface area contributed by atoms with Gasteiger partial charge in [0.2, 0.25) is 11.8 Å². The van der Waals surface area contributed by atoms with E-state index in [1.165, 1.54) is 0 Å². The molecule has 2 N–H and O–H groups in total. The summed E-state index contributed by atoms with van der Waals surface area (Å²) in [6.45, 7) is 6.55. The van der Waals surface area contributed by atoms with Gasteiger partial charge in [-0.1, -0.05) is 24.3 Å². The Morgan fingerprint density at radius 1 is 1.06 bits per heavy atom. The van der Waals surface area contributed by atoms with Gasteiger partial charge in [-0.15, -0.1) is 0 Å². The minimum atomic E-state index is -0.564. The Kier molecular flexibility index (Phi) is 6.95. The molecule has 0 spiro atoms. The molecule has 0 saturated carbocycles. The Balaban J connectivity index is 1.49. The van der Waals surface area contributed by atoms with E-state index < -0.39 is 11.7 Å². The Bertz CT molecular complexity index is 948. The highest BCUT2D eigenvalue weighted by atomic mass is 16.6. The van der Waals surface area contributed by atoms with Crippen LogP contribution in [0.1, 0.15) is 44.7 Å². The third kappa shape index (κ3) is 6.84. The number of rotatable bonds is 6. The van der Waals surface area contributed by atoms with Crippen LogP contribution in [0, 0.1) is 0 Å². The molecule has 0 atom stereocenters. The summed E-state index contributed by atoms with van der Waals surface area (Å²) in [6, 6.07) is 14.8. The number of benzene rings is 2. The second kappa shape index (κ2) is 9.64. The van der Waals surface area contributed by atoms with E-state index in [2.05, 4.69) is 10.6 Å². The lowest BCUT2D eigenvalue weighted by atomic mass is 10.1. The van der Waals surface area contributed by atoms with Crippen molar-refractivity contribution in [3.8, 4) is 0 Å². The van der Waals surface area contributed by atoms with Crippen molar-refractivity contribution in [3.63, 3.8) is 0 Å². The molecule has 2 aromatic carbocycles. The summed E-state index contributed by atoms with van der Waals surface area (Å²) < 4.78 is 5.22. The lowest BCUT2D eigenvalue weighted by Crippen LogP contribution is -2.27. The standard InChI is InChI=1S/C24H29N3O4/c1-24(2,3)31-23(30)26-19-11-9-17(10-12-19)15-21(28)25-16-18-6-4-7-20(14-18)27-13-5-8-22(27)29/h4,6-7,9-12,14H,5,8,13,15-16H2,1-3H3,(H,25,28)(H,26,30). The average molecular weight is 424 g/mol. The summed E-state index contributed by atoms with van der Waals surface area (Å²) in [6.07, 6.45) is 1.19. The topological polar surface area (TPSA) is 87.7 Å². The van der Waals surface area contributed by atoms with Crippen LogP contribution in [-0.2, 0) is 27.3 Å². The van der Waals surface area contributed by atoms with Crippen molar-refractivity contribution in [2.24, 2.45) is 0 Å². The first kappa shape index (κ1) is 22.3. The summed E-state index contributed by atoms with van der Waals surface area (Å²) in [5, 5.41) is 5.58. The van der Waals surface area contributed by atoms with Crippen LogP contribution in [-0.4, -0.2) is 30.1 Å². The van der Waals surface area contributed by atoms with Gasteiger partial charge in [0.25, 0.3) is 0 Å². The molecule has 0 aromatic heterocycles. The monoisotopic (exact) mass is 423 g/mol.